The summed E-state index contributed by atoms with van der Waals surface area (Å²) in [7, 11) is 1.49. The minimum absolute atomic E-state index is 0.165. The van der Waals surface area contributed by atoms with Gasteiger partial charge in [0.15, 0.2) is 5.78 Å². The van der Waals surface area contributed by atoms with Crippen molar-refractivity contribution in [2.75, 3.05) is 7.11 Å². The van der Waals surface area contributed by atoms with E-state index < -0.39 is 12.2 Å². The highest BCUT2D eigenvalue weighted by Gasteiger charge is 2.38. The van der Waals surface area contributed by atoms with E-state index in [-0.39, 0.29) is 11.9 Å². The topological polar surface area (TPSA) is 55.8 Å². The Labute approximate surface area is 107 Å². The van der Waals surface area contributed by atoms with E-state index in [1.54, 1.807) is 0 Å². The van der Waals surface area contributed by atoms with Gasteiger partial charge in [0, 0.05) is 13.5 Å². The van der Waals surface area contributed by atoms with E-state index in [0.717, 1.165) is 5.56 Å². The molecular weight excluding hydrogens is 232 g/mol. The first kappa shape index (κ1) is 13.2. The number of aliphatic hydroxyl groups excluding tert-OH is 1. The summed E-state index contributed by atoms with van der Waals surface area (Å²) in [5.41, 5.74) is 1.07. The summed E-state index contributed by atoms with van der Waals surface area (Å²) in [4.78, 5) is 11.4. The minimum Gasteiger partial charge on any atom is -0.382 e. The van der Waals surface area contributed by atoms with Crippen LogP contribution in [0.2, 0.25) is 0 Å². The summed E-state index contributed by atoms with van der Waals surface area (Å²) in [6.07, 6.45) is -0.913. The molecule has 4 heteroatoms. The third kappa shape index (κ3) is 2.96. The fourth-order valence-electron chi connectivity index (χ4n) is 2.22. The number of rotatable bonds is 4. The molecule has 1 aliphatic rings. The van der Waals surface area contributed by atoms with E-state index in [1.165, 1.54) is 7.11 Å². The van der Waals surface area contributed by atoms with Gasteiger partial charge in [-0.2, -0.15) is 0 Å². The van der Waals surface area contributed by atoms with Crippen molar-refractivity contribution in [1.29, 1.82) is 0 Å². The van der Waals surface area contributed by atoms with Gasteiger partial charge in [-0.05, 0) is 12.0 Å². The number of carbonyl (C=O) groups excluding carboxylic acids is 1. The predicted octanol–water partition coefficient (Wildman–Crippen LogP) is 1.31. The molecular formula is C14H18O4. The standard InChI is InChI=1S/C14H18O4/c1-17-14-12(8-7-11(15)13(14)16)18-9-10-5-3-2-4-6-10/h2-6,12-14,16H,7-9H2,1H3/t12-,13-,14-/m1/s1. The van der Waals surface area contributed by atoms with Crippen LogP contribution in [0, 0.1) is 0 Å². The molecule has 0 spiro atoms. The lowest BCUT2D eigenvalue weighted by atomic mass is 9.90. The van der Waals surface area contributed by atoms with Crippen LogP contribution < -0.4 is 0 Å². The maximum atomic E-state index is 11.4. The van der Waals surface area contributed by atoms with Crippen molar-refractivity contribution in [1.82, 2.24) is 0 Å². The van der Waals surface area contributed by atoms with E-state index >= 15 is 0 Å². The molecule has 98 valence electrons. The van der Waals surface area contributed by atoms with Crippen molar-refractivity contribution in [3.8, 4) is 0 Å². The minimum atomic E-state index is -1.07. The lowest BCUT2D eigenvalue weighted by Gasteiger charge is -2.33. The van der Waals surface area contributed by atoms with E-state index in [9.17, 15) is 9.90 Å². The first-order valence-electron chi connectivity index (χ1n) is 6.11. The smallest absolute Gasteiger partial charge is 0.164 e. The van der Waals surface area contributed by atoms with Gasteiger partial charge in [0.1, 0.15) is 12.2 Å². The molecule has 3 atom stereocenters. The van der Waals surface area contributed by atoms with Gasteiger partial charge >= 0.3 is 0 Å². The van der Waals surface area contributed by atoms with Crippen molar-refractivity contribution < 1.29 is 19.4 Å². The molecule has 1 aromatic carbocycles. The van der Waals surface area contributed by atoms with Crippen LogP contribution in [0.4, 0.5) is 0 Å². The van der Waals surface area contributed by atoms with Gasteiger partial charge in [-0.15, -0.1) is 0 Å². The molecule has 0 radical (unpaired) electrons. The van der Waals surface area contributed by atoms with Gasteiger partial charge in [0.25, 0.3) is 0 Å². The summed E-state index contributed by atoms with van der Waals surface area (Å²) in [6, 6.07) is 9.81. The number of Topliss-reactive ketones (excluding diaryl/α,β-unsaturated/α-hetero) is 1. The van der Waals surface area contributed by atoms with Gasteiger partial charge < -0.3 is 14.6 Å². The highest BCUT2D eigenvalue weighted by molar-refractivity contribution is 5.84. The first-order chi connectivity index (χ1) is 8.72. The molecule has 1 aromatic rings. The van der Waals surface area contributed by atoms with Crippen LogP contribution in [0.5, 0.6) is 0 Å². The Morgan fingerprint density at radius 2 is 2.06 bits per heavy atom. The van der Waals surface area contributed by atoms with Crippen LogP contribution in [-0.2, 0) is 20.9 Å². The van der Waals surface area contributed by atoms with Gasteiger partial charge in [0.2, 0.25) is 0 Å². The largest absolute Gasteiger partial charge is 0.382 e. The highest BCUT2D eigenvalue weighted by Crippen LogP contribution is 2.22. The van der Waals surface area contributed by atoms with Crippen molar-refractivity contribution in [2.45, 2.75) is 37.8 Å². The van der Waals surface area contributed by atoms with E-state index in [0.29, 0.717) is 19.4 Å². The van der Waals surface area contributed by atoms with Crippen LogP contribution in [0.1, 0.15) is 18.4 Å². The predicted molar refractivity (Wildman–Crippen MR) is 66.1 cm³/mol. The molecule has 0 aliphatic heterocycles. The number of carbonyl (C=O) groups is 1. The van der Waals surface area contributed by atoms with Crippen LogP contribution in [0.15, 0.2) is 30.3 Å². The van der Waals surface area contributed by atoms with E-state index in [2.05, 4.69) is 0 Å². The third-order valence-corrected chi connectivity index (χ3v) is 3.26. The Morgan fingerprint density at radius 3 is 2.72 bits per heavy atom. The molecule has 0 unspecified atom stereocenters. The monoisotopic (exact) mass is 250 g/mol. The highest BCUT2D eigenvalue weighted by atomic mass is 16.5. The number of hydrogen-bond acceptors (Lipinski definition) is 4. The quantitative estimate of drug-likeness (QED) is 0.875. The molecule has 0 aromatic heterocycles. The molecule has 0 amide bonds. The molecule has 2 rings (SSSR count). The molecule has 0 saturated heterocycles. The Hall–Kier alpha value is -1.23. The Morgan fingerprint density at radius 1 is 1.33 bits per heavy atom. The molecule has 1 fully saturated rings. The normalized spacial score (nSPS) is 28.3. The number of hydrogen-bond donors (Lipinski definition) is 1. The van der Waals surface area contributed by atoms with E-state index in [1.807, 2.05) is 30.3 Å². The Balaban J connectivity index is 1.94. The van der Waals surface area contributed by atoms with Crippen molar-refractivity contribution >= 4 is 5.78 Å². The fourth-order valence-corrected chi connectivity index (χ4v) is 2.22. The zero-order valence-electron chi connectivity index (χ0n) is 10.4. The van der Waals surface area contributed by atoms with Gasteiger partial charge in [-0.3, -0.25) is 4.79 Å². The molecule has 0 bridgehead atoms. The summed E-state index contributed by atoms with van der Waals surface area (Å²) in [5, 5.41) is 9.75. The molecule has 4 nitrogen and oxygen atoms in total. The SMILES string of the molecule is CO[C@H]1[C@H](O)C(=O)CC[C@H]1OCc1ccccc1. The summed E-state index contributed by atoms with van der Waals surface area (Å²) in [5.74, 6) is -0.165. The first-order valence-corrected chi connectivity index (χ1v) is 6.11. The zero-order valence-corrected chi connectivity index (χ0v) is 10.4. The molecule has 1 aliphatic carbocycles. The van der Waals surface area contributed by atoms with Gasteiger partial charge in [-0.1, -0.05) is 30.3 Å². The maximum absolute atomic E-state index is 11.4. The lowest BCUT2D eigenvalue weighted by Crippen LogP contribution is -2.49. The van der Waals surface area contributed by atoms with Crippen molar-refractivity contribution in [2.24, 2.45) is 0 Å². The molecule has 1 saturated carbocycles. The second-order valence-electron chi connectivity index (χ2n) is 4.49. The number of aliphatic hydroxyl groups is 1. The van der Waals surface area contributed by atoms with Crippen LogP contribution in [0.3, 0.4) is 0 Å². The summed E-state index contributed by atoms with van der Waals surface area (Å²) in [6.45, 7) is 0.465. The average Bonchev–Trinajstić information content (AvgIpc) is 2.41. The fraction of sp³-hybridized carbons (Fsp3) is 0.500. The van der Waals surface area contributed by atoms with Crippen LogP contribution in [-0.4, -0.2) is 36.3 Å². The average molecular weight is 250 g/mol. The molecule has 1 N–H and O–H groups in total. The maximum Gasteiger partial charge on any atom is 0.164 e. The lowest BCUT2D eigenvalue weighted by molar-refractivity contribution is -0.159. The van der Waals surface area contributed by atoms with Gasteiger partial charge in [-0.25, -0.2) is 0 Å². The second kappa shape index (κ2) is 6.09. The van der Waals surface area contributed by atoms with Crippen molar-refractivity contribution in [3.05, 3.63) is 35.9 Å². The van der Waals surface area contributed by atoms with Crippen LogP contribution in [0.25, 0.3) is 0 Å². The zero-order chi connectivity index (χ0) is 13.0. The number of ketones is 1. The number of benzene rings is 1. The van der Waals surface area contributed by atoms with Gasteiger partial charge in [0.05, 0.1) is 12.7 Å². The second-order valence-corrected chi connectivity index (χ2v) is 4.49. The van der Waals surface area contributed by atoms with E-state index in [4.69, 9.17) is 9.47 Å². The number of ether oxygens (including phenoxy) is 2. The third-order valence-electron chi connectivity index (χ3n) is 3.26. The Kier molecular flexibility index (Phi) is 4.47. The van der Waals surface area contributed by atoms with Crippen LogP contribution >= 0.6 is 0 Å². The molecule has 18 heavy (non-hydrogen) atoms. The Bertz CT molecular complexity index is 390. The molecule has 0 heterocycles. The summed E-state index contributed by atoms with van der Waals surface area (Å²) >= 11 is 0. The number of methoxy groups -OCH3 is 1. The summed E-state index contributed by atoms with van der Waals surface area (Å²) < 4.78 is 10.9. The van der Waals surface area contributed by atoms with Crippen molar-refractivity contribution in [3.63, 3.8) is 0 Å².